The van der Waals surface area contributed by atoms with E-state index in [1.807, 2.05) is 55.6 Å². The molecule has 0 N–H and O–H groups in total. The molecule has 0 aliphatic carbocycles. The molecule has 0 unspecified atom stereocenters. The Labute approximate surface area is 170 Å². The van der Waals surface area contributed by atoms with Gasteiger partial charge in [-0.05, 0) is 42.8 Å². The van der Waals surface area contributed by atoms with Gasteiger partial charge in [0.25, 0.3) is 0 Å². The highest BCUT2D eigenvalue weighted by Gasteiger charge is 2.13. The summed E-state index contributed by atoms with van der Waals surface area (Å²) >= 11 is 0. The van der Waals surface area contributed by atoms with Crippen molar-refractivity contribution in [2.75, 3.05) is 0 Å². The molecule has 0 fully saturated rings. The summed E-state index contributed by atoms with van der Waals surface area (Å²) in [5.74, 6) is -0.484. The molecule has 0 aliphatic heterocycles. The molecule has 1 heterocycles. The summed E-state index contributed by atoms with van der Waals surface area (Å²) in [5, 5.41) is 5.11. The van der Waals surface area contributed by atoms with Crippen LogP contribution in [0, 0.1) is 0 Å². The van der Waals surface area contributed by atoms with Crippen molar-refractivity contribution in [1.82, 2.24) is 4.57 Å². The predicted octanol–water partition coefficient (Wildman–Crippen LogP) is 5.68. The number of carbonyl (C=O) groups excluding carboxylic acids is 1. The minimum absolute atomic E-state index is 0.461. The molecule has 29 heavy (non-hydrogen) atoms. The molecule has 0 amide bonds. The van der Waals surface area contributed by atoms with Crippen molar-refractivity contribution in [3.8, 4) is 0 Å². The van der Waals surface area contributed by atoms with Gasteiger partial charge < -0.3 is 9.40 Å². The van der Waals surface area contributed by atoms with E-state index < -0.39 is 5.97 Å². The van der Waals surface area contributed by atoms with Gasteiger partial charge in [-0.15, -0.1) is 5.73 Å². The van der Waals surface area contributed by atoms with E-state index in [1.165, 1.54) is 0 Å². The molecule has 0 aliphatic rings. The van der Waals surface area contributed by atoms with Gasteiger partial charge in [-0.1, -0.05) is 60.8 Å². The molecule has 3 rings (SSSR count). The van der Waals surface area contributed by atoms with Crippen LogP contribution in [0.4, 0.5) is 0 Å². The van der Waals surface area contributed by atoms with E-state index in [-0.39, 0.29) is 0 Å². The first-order valence-electron chi connectivity index (χ1n) is 9.20. The summed E-state index contributed by atoms with van der Waals surface area (Å²) in [5.41, 5.74) is 6.82. The number of oxime groups is 1. The molecular formula is C25H22N2O2. The monoisotopic (exact) mass is 382 g/mol. The van der Waals surface area contributed by atoms with Crippen LogP contribution < -0.4 is 0 Å². The van der Waals surface area contributed by atoms with Gasteiger partial charge in [0.2, 0.25) is 0 Å². The van der Waals surface area contributed by atoms with Gasteiger partial charge in [-0.25, -0.2) is 4.79 Å². The summed E-state index contributed by atoms with van der Waals surface area (Å²) in [6.45, 7) is 9.93. The lowest BCUT2D eigenvalue weighted by molar-refractivity contribution is 0.0516. The number of aromatic nitrogens is 1. The van der Waals surface area contributed by atoms with Crippen LogP contribution >= 0.6 is 0 Å². The van der Waals surface area contributed by atoms with Crippen LogP contribution in [0.25, 0.3) is 10.9 Å². The zero-order chi connectivity index (χ0) is 20.6. The number of fused-ring (bicyclic) bond motifs is 1. The quantitative estimate of drug-likeness (QED) is 0.174. The van der Waals surface area contributed by atoms with Crippen molar-refractivity contribution in [1.29, 1.82) is 0 Å². The molecule has 1 aromatic heterocycles. The number of nitrogens with zero attached hydrogens (tertiary/aromatic N) is 2. The molecule has 3 aromatic rings. The summed E-state index contributed by atoms with van der Waals surface area (Å²) in [6.07, 6.45) is 7.51. The first kappa shape index (κ1) is 19.9. The Hall–Kier alpha value is -3.88. The third-order valence-electron chi connectivity index (χ3n) is 4.48. The molecule has 0 spiro atoms. The fourth-order valence-corrected chi connectivity index (χ4v) is 3.00. The minimum Gasteiger partial charge on any atom is -0.342 e. The van der Waals surface area contributed by atoms with Gasteiger partial charge >= 0.3 is 5.97 Å². The summed E-state index contributed by atoms with van der Waals surface area (Å²) < 4.78 is 2.12. The zero-order valence-electron chi connectivity index (χ0n) is 16.3. The second-order valence-electron chi connectivity index (χ2n) is 6.43. The van der Waals surface area contributed by atoms with Crippen LogP contribution in [0.15, 0.2) is 109 Å². The van der Waals surface area contributed by atoms with Crippen molar-refractivity contribution >= 4 is 22.6 Å². The van der Waals surface area contributed by atoms with E-state index >= 15 is 0 Å². The first-order valence-corrected chi connectivity index (χ1v) is 9.20. The molecule has 0 atom stereocenters. The Kier molecular flexibility index (Phi) is 6.41. The van der Waals surface area contributed by atoms with Gasteiger partial charge in [0.15, 0.2) is 0 Å². The van der Waals surface area contributed by atoms with E-state index in [1.54, 1.807) is 30.3 Å². The number of para-hydroxylation sites is 1. The smallest absolute Gasteiger partial charge is 0.342 e. The Morgan fingerprint density at radius 1 is 1.17 bits per heavy atom. The standard InChI is InChI=1S/C25H22N2O2/c1-4-6-12-20(5-2)17-27-18-23(22-15-10-11-16-24(22)27)19(3)26-29-25(28)21-13-8-7-9-14-21/h5-16,18H,1-2,17H2,3H3/b20-12+,26-19+. The van der Waals surface area contributed by atoms with E-state index in [0.29, 0.717) is 17.8 Å². The Balaban J connectivity index is 1.92. The summed E-state index contributed by atoms with van der Waals surface area (Å²) in [4.78, 5) is 17.3. The van der Waals surface area contributed by atoms with Crippen molar-refractivity contribution in [2.45, 2.75) is 13.5 Å². The Bertz CT molecular complexity index is 1140. The average molecular weight is 382 g/mol. The fraction of sp³-hybridized carbons (Fsp3) is 0.0800. The highest BCUT2D eigenvalue weighted by molar-refractivity contribution is 6.09. The zero-order valence-corrected chi connectivity index (χ0v) is 16.3. The van der Waals surface area contributed by atoms with Crippen molar-refractivity contribution < 1.29 is 9.63 Å². The maximum absolute atomic E-state index is 12.2. The SMILES string of the molecule is C=C=C/C=C(\C=C)Cn1cc(/C(C)=N/OC(=O)c2ccccc2)c2ccccc21. The second-order valence-corrected chi connectivity index (χ2v) is 6.43. The Morgan fingerprint density at radius 2 is 1.90 bits per heavy atom. The number of rotatable bonds is 7. The van der Waals surface area contributed by atoms with E-state index in [2.05, 4.69) is 28.6 Å². The molecule has 2 aromatic carbocycles. The number of hydrogen-bond donors (Lipinski definition) is 0. The topological polar surface area (TPSA) is 43.6 Å². The Morgan fingerprint density at radius 3 is 2.62 bits per heavy atom. The molecule has 0 bridgehead atoms. The molecular weight excluding hydrogens is 360 g/mol. The summed E-state index contributed by atoms with van der Waals surface area (Å²) in [7, 11) is 0. The van der Waals surface area contributed by atoms with E-state index in [4.69, 9.17) is 4.84 Å². The van der Waals surface area contributed by atoms with Crippen LogP contribution in [0.1, 0.15) is 22.8 Å². The number of carbonyl (C=O) groups is 1. The first-order chi connectivity index (χ1) is 14.1. The van der Waals surface area contributed by atoms with Crippen LogP contribution in [-0.4, -0.2) is 16.2 Å². The molecule has 4 nitrogen and oxygen atoms in total. The minimum atomic E-state index is -0.484. The van der Waals surface area contributed by atoms with Gasteiger partial charge in [-0.3, -0.25) is 0 Å². The predicted molar refractivity (Wildman–Crippen MR) is 118 cm³/mol. The summed E-state index contributed by atoms with van der Waals surface area (Å²) in [6, 6.07) is 16.8. The lowest BCUT2D eigenvalue weighted by Crippen LogP contribution is -2.03. The molecule has 0 saturated carbocycles. The highest BCUT2D eigenvalue weighted by atomic mass is 16.7. The van der Waals surface area contributed by atoms with E-state index in [0.717, 1.165) is 22.0 Å². The van der Waals surface area contributed by atoms with E-state index in [9.17, 15) is 4.79 Å². The molecule has 0 saturated heterocycles. The van der Waals surface area contributed by atoms with Crippen LogP contribution in [0.3, 0.4) is 0 Å². The molecule has 4 heteroatoms. The lowest BCUT2D eigenvalue weighted by Gasteiger charge is -2.05. The number of hydrogen-bond acceptors (Lipinski definition) is 3. The van der Waals surface area contributed by atoms with Gasteiger partial charge in [0.1, 0.15) is 0 Å². The van der Waals surface area contributed by atoms with Gasteiger partial charge in [0, 0.05) is 29.2 Å². The maximum Gasteiger partial charge on any atom is 0.365 e. The third kappa shape index (κ3) is 4.70. The van der Waals surface area contributed by atoms with Gasteiger partial charge in [-0.2, -0.15) is 0 Å². The fourth-order valence-electron chi connectivity index (χ4n) is 3.00. The number of allylic oxidation sites excluding steroid dienone is 4. The van der Waals surface area contributed by atoms with Crippen molar-refractivity contribution in [3.05, 3.63) is 115 Å². The number of benzene rings is 2. The molecule has 0 radical (unpaired) electrons. The van der Waals surface area contributed by atoms with Crippen molar-refractivity contribution in [3.63, 3.8) is 0 Å². The maximum atomic E-state index is 12.2. The highest BCUT2D eigenvalue weighted by Crippen LogP contribution is 2.23. The average Bonchev–Trinajstić information content (AvgIpc) is 3.13. The van der Waals surface area contributed by atoms with Crippen molar-refractivity contribution in [2.24, 2.45) is 5.16 Å². The van der Waals surface area contributed by atoms with Crippen LogP contribution in [-0.2, 0) is 11.4 Å². The largest absolute Gasteiger partial charge is 0.365 e. The third-order valence-corrected chi connectivity index (χ3v) is 4.48. The lowest BCUT2D eigenvalue weighted by atomic mass is 10.1. The van der Waals surface area contributed by atoms with Crippen LogP contribution in [0.2, 0.25) is 0 Å². The van der Waals surface area contributed by atoms with Gasteiger partial charge in [0.05, 0.1) is 11.3 Å². The normalized spacial score (nSPS) is 11.8. The van der Waals surface area contributed by atoms with Crippen LogP contribution in [0.5, 0.6) is 0 Å². The second kappa shape index (κ2) is 9.36. The molecule has 144 valence electrons.